The zero-order valence-electron chi connectivity index (χ0n) is 21.0. The number of para-hydroxylation sites is 1. The minimum atomic E-state index is -4.63. The van der Waals surface area contributed by atoms with E-state index in [-0.39, 0.29) is 68.0 Å². The predicted molar refractivity (Wildman–Crippen MR) is 144 cm³/mol. The molecule has 0 aliphatic carbocycles. The largest absolute Gasteiger partial charge is 1.00 e. The topological polar surface area (TPSA) is 140 Å². The van der Waals surface area contributed by atoms with E-state index in [2.05, 4.69) is 15.5 Å². The average Bonchev–Trinajstić information content (AvgIpc) is 2.87. The predicted octanol–water partition coefficient (Wildman–Crippen LogP) is 3.71. The molecule has 0 unspecified atom stereocenters. The van der Waals surface area contributed by atoms with Crippen LogP contribution in [-0.2, 0) is 16.5 Å². The van der Waals surface area contributed by atoms with Crippen molar-refractivity contribution in [2.75, 3.05) is 12.4 Å². The Hall–Kier alpha value is -2.70. The number of aryl methyl sites for hydroxylation is 1. The van der Waals surface area contributed by atoms with Gasteiger partial charge in [-0.15, -0.1) is 5.11 Å². The molecule has 13 heteroatoms. The quantitative estimate of drug-likeness (QED) is 0.189. The van der Waals surface area contributed by atoms with Crippen molar-refractivity contribution in [1.82, 2.24) is 0 Å². The Morgan fingerprint density at radius 2 is 1.74 bits per heavy atom. The molecule has 4 rings (SSSR count). The van der Waals surface area contributed by atoms with Gasteiger partial charge in [0.2, 0.25) is 0 Å². The van der Waals surface area contributed by atoms with Gasteiger partial charge in [-0.1, -0.05) is 72.3 Å². The number of amides is 1. The van der Waals surface area contributed by atoms with Crippen LogP contribution >= 0.6 is 23.2 Å². The number of anilines is 1. The molecule has 0 atom stereocenters. The number of carbonyl (C=O) groups is 1. The second kappa shape index (κ2) is 12.6. The Balaban J connectivity index is 0.00000420. The van der Waals surface area contributed by atoms with Crippen molar-refractivity contribution in [3.8, 4) is 11.5 Å². The number of hydrogen-bond donors (Lipinski definition) is 2. The van der Waals surface area contributed by atoms with Gasteiger partial charge >= 0.3 is 29.6 Å². The van der Waals surface area contributed by atoms with Gasteiger partial charge in [0, 0.05) is 10.9 Å². The maximum absolute atomic E-state index is 13.5. The monoisotopic (exact) mass is 595 g/mol. The molecule has 0 aromatic heterocycles. The van der Waals surface area contributed by atoms with Crippen LogP contribution in [-0.4, -0.2) is 26.0 Å². The molecule has 9 nitrogen and oxygen atoms in total. The van der Waals surface area contributed by atoms with Crippen LogP contribution in [0.25, 0.3) is 10.8 Å². The van der Waals surface area contributed by atoms with Gasteiger partial charge in [-0.05, 0) is 41.6 Å². The maximum atomic E-state index is 13.5. The SMILES string of the molecule is CCc1ccc(S(=O)(=O)O)c(Cl)c1N=Nc1c([O-])c(C(=O)Nc2cccc(Cl)c2OC)cc2ccccc12.[Na+]. The van der Waals surface area contributed by atoms with Gasteiger partial charge in [0.15, 0.2) is 5.75 Å². The Labute approximate surface area is 256 Å². The third kappa shape index (κ3) is 6.38. The first-order valence-electron chi connectivity index (χ1n) is 11.1. The first-order valence-corrected chi connectivity index (χ1v) is 13.3. The number of methoxy groups -OCH3 is 1. The number of nitrogens with zero attached hydrogens (tertiary/aromatic N) is 2. The van der Waals surface area contributed by atoms with Crippen LogP contribution < -0.4 is 44.7 Å². The van der Waals surface area contributed by atoms with Crippen LogP contribution in [0.15, 0.2) is 75.8 Å². The Bertz CT molecular complexity index is 1710. The summed E-state index contributed by atoms with van der Waals surface area (Å²) in [5.74, 6) is -1.21. The smallest absolute Gasteiger partial charge is 0.870 e. The molecule has 0 spiro atoms. The maximum Gasteiger partial charge on any atom is 1.00 e. The zero-order chi connectivity index (χ0) is 27.6. The van der Waals surface area contributed by atoms with E-state index in [9.17, 15) is 22.9 Å². The molecule has 0 aliphatic rings. The molecule has 0 radical (unpaired) electrons. The Morgan fingerprint density at radius 3 is 2.41 bits per heavy atom. The average molecular weight is 596 g/mol. The van der Waals surface area contributed by atoms with Crippen molar-refractivity contribution >= 4 is 67.1 Å². The molecule has 1 amide bonds. The molecule has 0 aliphatic heterocycles. The summed E-state index contributed by atoms with van der Waals surface area (Å²) in [4.78, 5) is 12.7. The van der Waals surface area contributed by atoms with Crippen LogP contribution in [0.2, 0.25) is 10.0 Å². The van der Waals surface area contributed by atoms with E-state index in [1.165, 1.54) is 25.3 Å². The summed E-state index contributed by atoms with van der Waals surface area (Å²) in [7, 11) is -3.23. The van der Waals surface area contributed by atoms with Gasteiger partial charge in [0.25, 0.3) is 16.0 Å². The van der Waals surface area contributed by atoms with Crippen molar-refractivity contribution in [3.05, 3.63) is 81.8 Å². The van der Waals surface area contributed by atoms with E-state index < -0.39 is 26.7 Å². The summed E-state index contributed by atoms with van der Waals surface area (Å²) in [6.45, 7) is 1.79. The molecule has 2 N–H and O–H groups in total. The molecule has 0 fully saturated rings. The fourth-order valence-corrected chi connectivity index (χ4v) is 5.19. The summed E-state index contributed by atoms with van der Waals surface area (Å²) in [5, 5.41) is 25.2. The van der Waals surface area contributed by atoms with Crippen molar-refractivity contribution < 1.29 is 57.2 Å². The number of azo groups is 1. The summed E-state index contributed by atoms with van der Waals surface area (Å²) in [6, 6.07) is 15.6. The van der Waals surface area contributed by atoms with Gasteiger partial charge in [0.1, 0.15) is 10.6 Å². The van der Waals surface area contributed by atoms with E-state index >= 15 is 0 Å². The molecule has 0 saturated heterocycles. The fourth-order valence-electron chi connectivity index (χ4n) is 3.86. The number of hydrogen-bond acceptors (Lipinski definition) is 7. The van der Waals surface area contributed by atoms with E-state index in [0.29, 0.717) is 22.8 Å². The number of ether oxygens (including phenoxy) is 1. The van der Waals surface area contributed by atoms with Crippen LogP contribution in [0.1, 0.15) is 22.8 Å². The van der Waals surface area contributed by atoms with Gasteiger partial charge in [-0.25, -0.2) is 0 Å². The second-order valence-corrected chi connectivity index (χ2v) is 10.2. The van der Waals surface area contributed by atoms with Gasteiger partial charge in [-0.2, -0.15) is 13.5 Å². The second-order valence-electron chi connectivity index (χ2n) is 8.01. The van der Waals surface area contributed by atoms with E-state index in [0.717, 1.165) is 0 Å². The van der Waals surface area contributed by atoms with Crippen molar-refractivity contribution in [2.45, 2.75) is 18.2 Å². The summed E-state index contributed by atoms with van der Waals surface area (Å²) < 4.78 is 38.2. The minimum Gasteiger partial charge on any atom is -0.870 e. The first-order chi connectivity index (χ1) is 18.1. The molecule has 0 saturated carbocycles. The first kappa shape index (κ1) is 30.8. The van der Waals surface area contributed by atoms with Crippen LogP contribution in [0, 0.1) is 0 Å². The van der Waals surface area contributed by atoms with E-state index in [1.54, 1.807) is 49.4 Å². The van der Waals surface area contributed by atoms with E-state index in [4.69, 9.17) is 27.9 Å². The third-order valence-corrected chi connectivity index (χ3v) is 7.40. The van der Waals surface area contributed by atoms with E-state index in [1.807, 2.05) is 0 Å². The third-order valence-electron chi connectivity index (χ3n) is 5.71. The van der Waals surface area contributed by atoms with Crippen molar-refractivity contribution in [3.63, 3.8) is 0 Å². The summed E-state index contributed by atoms with van der Waals surface area (Å²) >= 11 is 12.4. The van der Waals surface area contributed by atoms with Crippen LogP contribution in [0.4, 0.5) is 17.1 Å². The summed E-state index contributed by atoms with van der Waals surface area (Å²) in [5.41, 5.74) is 0.410. The summed E-state index contributed by atoms with van der Waals surface area (Å²) in [6.07, 6.45) is 0.411. The molecule has 196 valence electrons. The standard InChI is InChI=1S/C26H21Cl2N3O6S.Na/c1-3-14-11-12-20(38(34,35)36)21(28)22(14)30-31-23-16-8-5-4-7-15(16)13-17(24(23)32)26(33)29-19-10-6-9-18(27)25(19)37-2;/h4-13,32H,3H2,1-2H3,(H,29,33)(H,34,35,36);/q;+1/p-1. The zero-order valence-corrected chi connectivity index (χ0v) is 25.4. The molecule has 39 heavy (non-hydrogen) atoms. The fraction of sp³-hybridized carbons (Fsp3) is 0.115. The number of nitrogens with one attached hydrogen (secondary N) is 1. The molecular formula is C26H20Cl2N3NaO6S. The molecule has 0 bridgehead atoms. The molecule has 4 aromatic rings. The number of rotatable bonds is 7. The van der Waals surface area contributed by atoms with Crippen molar-refractivity contribution in [2.24, 2.45) is 10.2 Å². The Morgan fingerprint density at radius 1 is 1.05 bits per heavy atom. The number of benzene rings is 4. The molecule has 4 aromatic carbocycles. The minimum absolute atomic E-state index is 0. The van der Waals surface area contributed by atoms with Gasteiger partial charge in [0.05, 0.1) is 28.5 Å². The van der Waals surface area contributed by atoms with Crippen molar-refractivity contribution in [1.29, 1.82) is 0 Å². The number of fused-ring (bicyclic) bond motifs is 1. The molecular weight excluding hydrogens is 576 g/mol. The van der Waals surface area contributed by atoms with Gasteiger partial charge < -0.3 is 15.2 Å². The molecule has 0 heterocycles. The number of carbonyl (C=O) groups excluding carboxylic acids is 1. The Kier molecular flexibility index (Phi) is 10.0. The van der Waals surface area contributed by atoms with Crippen LogP contribution in [0.5, 0.6) is 11.5 Å². The van der Waals surface area contributed by atoms with Crippen LogP contribution in [0.3, 0.4) is 0 Å². The normalized spacial score (nSPS) is 11.4. The number of halogens is 2. The van der Waals surface area contributed by atoms with Gasteiger partial charge in [-0.3, -0.25) is 9.35 Å².